The van der Waals surface area contributed by atoms with Crippen LogP contribution in [0.4, 0.5) is 0 Å². The predicted octanol–water partition coefficient (Wildman–Crippen LogP) is 5.02. The van der Waals surface area contributed by atoms with Gasteiger partial charge in [0.2, 0.25) is 0 Å². The van der Waals surface area contributed by atoms with Gasteiger partial charge >= 0.3 is 0 Å². The van der Waals surface area contributed by atoms with Crippen molar-refractivity contribution in [1.82, 2.24) is 9.30 Å². The lowest BCUT2D eigenvalue weighted by Crippen LogP contribution is -2.38. The number of rotatable bonds is 4. The first-order valence-corrected chi connectivity index (χ1v) is 11.1. The zero-order chi connectivity index (χ0) is 22.2. The first-order valence-electron chi connectivity index (χ1n) is 10.7. The SMILES string of the molecule is COC[C@@H]1CCCN1C(=O)c1cc(-c2ccccc2)c(=O)n2ccc3ccc(Cl)cc3c12. The van der Waals surface area contributed by atoms with E-state index in [0.29, 0.717) is 34.8 Å². The van der Waals surface area contributed by atoms with Gasteiger partial charge in [0.25, 0.3) is 11.5 Å². The normalized spacial score (nSPS) is 16.2. The number of hydrogen-bond donors (Lipinski definition) is 0. The number of fused-ring (bicyclic) bond motifs is 3. The van der Waals surface area contributed by atoms with Gasteiger partial charge in [0.05, 0.1) is 23.7 Å². The molecule has 1 saturated heterocycles. The summed E-state index contributed by atoms with van der Waals surface area (Å²) in [6.07, 6.45) is 3.58. The molecule has 32 heavy (non-hydrogen) atoms. The molecule has 0 spiro atoms. The van der Waals surface area contributed by atoms with Crippen molar-refractivity contribution < 1.29 is 9.53 Å². The number of carbonyl (C=O) groups excluding carboxylic acids is 1. The van der Waals surface area contributed by atoms with Crippen LogP contribution < -0.4 is 5.56 Å². The second-order valence-corrected chi connectivity index (χ2v) is 8.60. The van der Waals surface area contributed by atoms with E-state index in [0.717, 1.165) is 29.2 Å². The van der Waals surface area contributed by atoms with Crippen molar-refractivity contribution >= 4 is 33.8 Å². The lowest BCUT2D eigenvalue weighted by molar-refractivity contribution is 0.0632. The lowest BCUT2D eigenvalue weighted by Gasteiger charge is -2.25. The maximum Gasteiger partial charge on any atom is 0.263 e. The number of likely N-dealkylation sites (tertiary alicyclic amines) is 1. The van der Waals surface area contributed by atoms with Gasteiger partial charge in [0.15, 0.2) is 0 Å². The third-order valence-electron chi connectivity index (χ3n) is 6.22. The van der Waals surface area contributed by atoms with Gasteiger partial charge < -0.3 is 9.64 Å². The summed E-state index contributed by atoms with van der Waals surface area (Å²) >= 11 is 6.31. The molecule has 6 heteroatoms. The van der Waals surface area contributed by atoms with E-state index >= 15 is 0 Å². The summed E-state index contributed by atoms with van der Waals surface area (Å²) in [6.45, 7) is 1.17. The fraction of sp³-hybridized carbons (Fsp3) is 0.231. The summed E-state index contributed by atoms with van der Waals surface area (Å²) in [5.74, 6) is -0.0910. The zero-order valence-electron chi connectivity index (χ0n) is 17.8. The number of nitrogens with zero attached hydrogens (tertiary/aromatic N) is 2. The minimum absolute atomic E-state index is 0.0261. The van der Waals surface area contributed by atoms with Crippen molar-refractivity contribution in [2.75, 3.05) is 20.3 Å². The van der Waals surface area contributed by atoms with Crippen molar-refractivity contribution in [2.45, 2.75) is 18.9 Å². The molecule has 0 unspecified atom stereocenters. The Hall–Kier alpha value is -3.15. The van der Waals surface area contributed by atoms with Gasteiger partial charge in [-0.25, -0.2) is 0 Å². The number of aromatic nitrogens is 1. The van der Waals surface area contributed by atoms with Crippen molar-refractivity contribution in [2.24, 2.45) is 0 Å². The number of carbonyl (C=O) groups is 1. The second kappa shape index (κ2) is 8.41. The topological polar surface area (TPSA) is 51.0 Å². The number of halogens is 1. The van der Waals surface area contributed by atoms with E-state index in [9.17, 15) is 9.59 Å². The molecule has 0 saturated carbocycles. The number of benzene rings is 2. The smallest absolute Gasteiger partial charge is 0.263 e. The highest BCUT2D eigenvalue weighted by Gasteiger charge is 2.31. The van der Waals surface area contributed by atoms with Crippen LogP contribution in [0.3, 0.4) is 0 Å². The standard InChI is InChI=1S/C26H23ClN2O3/c1-32-16-20-8-5-12-28(20)26(31)23-15-22(17-6-3-2-4-7-17)25(30)29-13-11-18-9-10-19(27)14-21(18)24(23)29/h2-4,6-7,9-11,13-15,20H,5,8,12,16H2,1H3/t20-/m0/s1. The average molecular weight is 447 g/mol. The van der Waals surface area contributed by atoms with E-state index in [1.54, 1.807) is 23.8 Å². The fourth-order valence-electron chi connectivity index (χ4n) is 4.70. The summed E-state index contributed by atoms with van der Waals surface area (Å²) in [5.41, 5.74) is 2.19. The molecule has 3 heterocycles. The van der Waals surface area contributed by atoms with Gasteiger partial charge in [-0.1, -0.05) is 48.0 Å². The molecule has 2 aromatic carbocycles. The summed E-state index contributed by atoms with van der Waals surface area (Å²) < 4.78 is 6.94. The van der Waals surface area contributed by atoms with Crippen LogP contribution in [0.25, 0.3) is 27.4 Å². The molecule has 1 fully saturated rings. The Morgan fingerprint density at radius 1 is 1.12 bits per heavy atom. The average Bonchev–Trinajstić information content (AvgIpc) is 3.28. The molecule has 5 rings (SSSR count). The molecule has 5 nitrogen and oxygen atoms in total. The Balaban J connectivity index is 1.82. The highest BCUT2D eigenvalue weighted by molar-refractivity contribution is 6.31. The number of ether oxygens (including phenoxy) is 1. The van der Waals surface area contributed by atoms with Crippen LogP contribution >= 0.6 is 11.6 Å². The van der Waals surface area contributed by atoms with Gasteiger partial charge in [-0.05, 0) is 48.1 Å². The number of methoxy groups -OCH3 is 1. The van der Waals surface area contributed by atoms with E-state index in [2.05, 4.69) is 0 Å². The van der Waals surface area contributed by atoms with E-state index < -0.39 is 0 Å². The minimum atomic E-state index is -0.167. The third-order valence-corrected chi connectivity index (χ3v) is 6.45. The van der Waals surface area contributed by atoms with E-state index in [1.807, 2.05) is 59.5 Å². The van der Waals surface area contributed by atoms with Crippen LogP contribution in [-0.2, 0) is 4.74 Å². The first kappa shape index (κ1) is 20.7. The molecule has 1 aliphatic rings. The maximum atomic E-state index is 13.9. The van der Waals surface area contributed by atoms with Gasteiger partial charge in [-0.2, -0.15) is 0 Å². The molecular weight excluding hydrogens is 424 g/mol. The molecule has 0 N–H and O–H groups in total. The Labute approximate surface area is 190 Å². The maximum absolute atomic E-state index is 13.9. The van der Waals surface area contributed by atoms with Crippen LogP contribution in [0.2, 0.25) is 5.02 Å². The van der Waals surface area contributed by atoms with Crippen molar-refractivity contribution in [3.05, 3.63) is 87.8 Å². The number of hydrogen-bond acceptors (Lipinski definition) is 3. The van der Waals surface area contributed by atoms with Crippen molar-refractivity contribution in [1.29, 1.82) is 0 Å². The molecule has 2 aromatic heterocycles. The van der Waals surface area contributed by atoms with Crippen molar-refractivity contribution in [3.63, 3.8) is 0 Å². The Morgan fingerprint density at radius 2 is 1.94 bits per heavy atom. The largest absolute Gasteiger partial charge is 0.383 e. The Morgan fingerprint density at radius 3 is 2.72 bits per heavy atom. The highest BCUT2D eigenvalue weighted by atomic mass is 35.5. The van der Waals surface area contributed by atoms with E-state index in [1.165, 1.54) is 0 Å². The quantitative estimate of drug-likeness (QED) is 0.413. The van der Waals surface area contributed by atoms with Crippen LogP contribution in [0.1, 0.15) is 23.2 Å². The third kappa shape index (κ3) is 3.48. The molecule has 0 aliphatic carbocycles. The summed E-state index contributed by atoms with van der Waals surface area (Å²) in [6, 6.07) is 18.7. The fourth-order valence-corrected chi connectivity index (χ4v) is 4.87. The van der Waals surface area contributed by atoms with E-state index in [4.69, 9.17) is 16.3 Å². The predicted molar refractivity (Wildman–Crippen MR) is 128 cm³/mol. The minimum Gasteiger partial charge on any atom is -0.383 e. The van der Waals surface area contributed by atoms with Gasteiger partial charge in [-0.3, -0.25) is 14.0 Å². The molecule has 0 bridgehead atoms. The number of pyridine rings is 2. The summed E-state index contributed by atoms with van der Waals surface area (Å²) in [4.78, 5) is 29.3. The number of amides is 1. The molecular formula is C26H23ClN2O3. The van der Waals surface area contributed by atoms with Crippen molar-refractivity contribution in [3.8, 4) is 11.1 Å². The molecule has 162 valence electrons. The lowest BCUT2D eigenvalue weighted by atomic mass is 10.0. The summed E-state index contributed by atoms with van der Waals surface area (Å²) in [7, 11) is 1.65. The molecule has 1 amide bonds. The second-order valence-electron chi connectivity index (χ2n) is 8.16. The zero-order valence-corrected chi connectivity index (χ0v) is 18.5. The molecule has 4 aromatic rings. The molecule has 0 radical (unpaired) electrons. The van der Waals surface area contributed by atoms with Crippen LogP contribution in [0, 0.1) is 0 Å². The van der Waals surface area contributed by atoms with Crippen LogP contribution in [-0.4, -0.2) is 41.5 Å². The van der Waals surface area contributed by atoms with Gasteiger partial charge in [-0.15, -0.1) is 0 Å². The van der Waals surface area contributed by atoms with Gasteiger partial charge in [0.1, 0.15) is 0 Å². The monoisotopic (exact) mass is 446 g/mol. The van der Waals surface area contributed by atoms with Gasteiger partial charge in [0, 0.05) is 35.8 Å². The Bertz CT molecular complexity index is 1380. The molecule has 1 aliphatic heterocycles. The molecule has 1 atom stereocenters. The van der Waals surface area contributed by atoms with Crippen LogP contribution in [0.5, 0.6) is 0 Å². The van der Waals surface area contributed by atoms with Crippen LogP contribution in [0.15, 0.2) is 71.7 Å². The van der Waals surface area contributed by atoms with E-state index in [-0.39, 0.29) is 17.5 Å². The first-order chi connectivity index (χ1) is 15.6. The highest BCUT2D eigenvalue weighted by Crippen LogP contribution is 2.30. The summed E-state index contributed by atoms with van der Waals surface area (Å²) in [5, 5.41) is 2.26. The Kier molecular flexibility index (Phi) is 5.45.